The third-order valence-electron chi connectivity index (χ3n) is 2.88. The van der Waals surface area contributed by atoms with Crippen LogP contribution in [-0.4, -0.2) is 49.4 Å². The molecule has 86 valence electrons. The van der Waals surface area contributed by atoms with Crippen LogP contribution in [0, 0.1) is 0 Å². The first kappa shape index (κ1) is 12.2. The van der Waals surface area contributed by atoms with E-state index in [1.165, 1.54) is 5.57 Å². The number of hydrogen-bond acceptors (Lipinski definition) is 2. The lowest BCUT2D eigenvalue weighted by Crippen LogP contribution is -2.36. The van der Waals surface area contributed by atoms with E-state index in [0.717, 1.165) is 32.5 Å². The van der Waals surface area contributed by atoms with Gasteiger partial charge in [-0.1, -0.05) is 18.6 Å². The summed E-state index contributed by atoms with van der Waals surface area (Å²) in [6, 6.07) is 0. The fourth-order valence-electron chi connectivity index (χ4n) is 1.74. The fourth-order valence-corrected chi connectivity index (χ4v) is 1.74. The van der Waals surface area contributed by atoms with Crippen LogP contribution in [-0.2, 0) is 4.79 Å². The van der Waals surface area contributed by atoms with Gasteiger partial charge < -0.3 is 9.80 Å². The molecule has 0 spiro atoms. The molecule has 15 heavy (non-hydrogen) atoms. The van der Waals surface area contributed by atoms with Crippen LogP contribution in [0.15, 0.2) is 11.6 Å². The van der Waals surface area contributed by atoms with Gasteiger partial charge in [-0.3, -0.25) is 4.79 Å². The Kier molecular flexibility index (Phi) is 4.82. The summed E-state index contributed by atoms with van der Waals surface area (Å²) in [5.41, 5.74) is 1.49. The zero-order valence-electron chi connectivity index (χ0n) is 10.1. The second kappa shape index (κ2) is 5.91. The van der Waals surface area contributed by atoms with E-state index in [1.807, 2.05) is 19.0 Å². The number of carbonyl (C=O) groups is 1. The molecule has 1 aliphatic rings. The number of amides is 1. The average molecular weight is 210 g/mol. The molecule has 3 nitrogen and oxygen atoms in total. The highest BCUT2D eigenvalue weighted by Crippen LogP contribution is 2.14. The molecule has 1 rings (SSSR count). The monoisotopic (exact) mass is 210 g/mol. The average Bonchev–Trinajstić information content (AvgIpc) is 2.26. The topological polar surface area (TPSA) is 23.6 Å². The van der Waals surface area contributed by atoms with Crippen LogP contribution in [0.25, 0.3) is 0 Å². The lowest BCUT2D eigenvalue weighted by Gasteiger charge is -2.26. The summed E-state index contributed by atoms with van der Waals surface area (Å²) in [7, 11) is 4.00. The Morgan fingerprint density at radius 2 is 2.27 bits per heavy atom. The molecule has 0 unspecified atom stereocenters. The van der Waals surface area contributed by atoms with Gasteiger partial charge in [0.2, 0.25) is 5.91 Å². The van der Waals surface area contributed by atoms with Crippen LogP contribution < -0.4 is 0 Å². The Hall–Kier alpha value is -0.830. The molecule has 0 aromatic rings. The molecule has 0 aliphatic carbocycles. The van der Waals surface area contributed by atoms with E-state index in [-0.39, 0.29) is 5.91 Å². The minimum Gasteiger partial charge on any atom is -0.339 e. The van der Waals surface area contributed by atoms with Crippen molar-refractivity contribution in [3.8, 4) is 0 Å². The molecule has 0 bridgehead atoms. The summed E-state index contributed by atoms with van der Waals surface area (Å²) < 4.78 is 0. The molecule has 0 fully saturated rings. The molecule has 1 heterocycles. The number of nitrogens with zero attached hydrogens (tertiary/aromatic N) is 2. The van der Waals surface area contributed by atoms with E-state index in [4.69, 9.17) is 0 Å². The predicted octanol–water partition coefficient (Wildman–Crippen LogP) is 1.51. The normalized spacial score (nSPS) is 16.8. The first-order valence-corrected chi connectivity index (χ1v) is 5.74. The Morgan fingerprint density at radius 1 is 1.53 bits per heavy atom. The molecule has 0 radical (unpaired) electrons. The van der Waals surface area contributed by atoms with Gasteiger partial charge in [0.1, 0.15) is 0 Å². The van der Waals surface area contributed by atoms with Crippen LogP contribution in [0.5, 0.6) is 0 Å². The van der Waals surface area contributed by atoms with Gasteiger partial charge >= 0.3 is 0 Å². The number of rotatable bonds is 4. The van der Waals surface area contributed by atoms with Gasteiger partial charge in [0.15, 0.2) is 0 Å². The van der Waals surface area contributed by atoms with Crippen molar-refractivity contribution in [1.82, 2.24) is 9.80 Å². The van der Waals surface area contributed by atoms with Gasteiger partial charge in [-0.2, -0.15) is 0 Å². The van der Waals surface area contributed by atoms with Crippen LogP contribution in [0.3, 0.4) is 0 Å². The van der Waals surface area contributed by atoms with E-state index in [9.17, 15) is 4.79 Å². The van der Waals surface area contributed by atoms with E-state index < -0.39 is 0 Å². The fraction of sp³-hybridized carbons (Fsp3) is 0.750. The van der Waals surface area contributed by atoms with Gasteiger partial charge in [0, 0.05) is 26.1 Å². The molecule has 0 saturated carbocycles. The van der Waals surface area contributed by atoms with Crippen molar-refractivity contribution in [2.45, 2.75) is 26.2 Å². The number of hydrogen-bond donors (Lipinski definition) is 0. The Labute approximate surface area is 92.7 Å². The van der Waals surface area contributed by atoms with E-state index in [1.54, 1.807) is 0 Å². The van der Waals surface area contributed by atoms with E-state index in [0.29, 0.717) is 6.42 Å². The van der Waals surface area contributed by atoms with Crippen molar-refractivity contribution in [3.63, 3.8) is 0 Å². The molecule has 0 aromatic carbocycles. The van der Waals surface area contributed by atoms with Gasteiger partial charge in [0.05, 0.1) is 0 Å². The third-order valence-corrected chi connectivity index (χ3v) is 2.88. The van der Waals surface area contributed by atoms with Gasteiger partial charge in [-0.15, -0.1) is 0 Å². The van der Waals surface area contributed by atoms with Crippen LogP contribution in [0.4, 0.5) is 0 Å². The summed E-state index contributed by atoms with van der Waals surface area (Å²) >= 11 is 0. The van der Waals surface area contributed by atoms with Gasteiger partial charge in [-0.25, -0.2) is 0 Å². The van der Waals surface area contributed by atoms with Crippen LogP contribution in [0.2, 0.25) is 0 Å². The van der Waals surface area contributed by atoms with E-state index >= 15 is 0 Å². The van der Waals surface area contributed by atoms with Crippen LogP contribution >= 0.6 is 0 Å². The molecule has 3 heteroatoms. The standard InChI is InChI=1S/C12H22N2O/c1-4-11-5-9-14(10-6-11)12(15)7-8-13(2)3/h5H,4,6-10H2,1-3H3. The second-order valence-corrected chi connectivity index (χ2v) is 4.36. The highest BCUT2D eigenvalue weighted by Gasteiger charge is 2.15. The second-order valence-electron chi connectivity index (χ2n) is 4.36. The SMILES string of the molecule is CCC1=CCN(C(=O)CCN(C)C)CC1. The highest BCUT2D eigenvalue weighted by molar-refractivity contribution is 5.76. The molecule has 1 aliphatic heterocycles. The van der Waals surface area contributed by atoms with Crippen molar-refractivity contribution in [2.24, 2.45) is 0 Å². The summed E-state index contributed by atoms with van der Waals surface area (Å²) in [4.78, 5) is 15.8. The maximum Gasteiger partial charge on any atom is 0.224 e. The predicted molar refractivity (Wildman–Crippen MR) is 62.7 cm³/mol. The Bertz CT molecular complexity index is 246. The Balaban J connectivity index is 2.33. The largest absolute Gasteiger partial charge is 0.339 e. The van der Waals surface area contributed by atoms with Crippen molar-refractivity contribution in [3.05, 3.63) is 11.6 Å². The molecule has 0 atom stereocenters. The summed E-state index contributed by atoms with van der Waals surface area (Å²) in [6.07, 6.45) is 5.03. The highest BCUT2D eigenvalue weighted by atomic mass is 16.2. The van der Waals surface area contributed by atoms with Crippen LogP contribution in [0.1, 0.15) is 26.2 Å². The molecule has 0 N–H and O–H groups in total. The summed E-state index contributed by atoms with van der Waals surface area (Å²) in [6.45, 7) is 4.75. The van der Waals surface area contributed by atoms with Crippen molar-refractivity contribution in [2.75, 3.05) is 33.7 Å². The zero-order valence-corrected chi connectivity index (χ0v) is 10.1. The molecule has 0 aromatic heterocycles. The Morgan fingerprint density at radius 3 is 2.73 bits per heavy atom. The lowest BCUT2D eigenvalue weighted by molar-refractivity contribution is -0.131. The zero-order chi connectivity index (χ0) is 11.3. The molecule has 1 amide bonds. The molecule has 0 saturated heterocycles. The van der Waals surface area contributed by atoms with Gasteiger partial charge in [0.25, 0.3) is 0 Å². The minimum atomic E-state index is 0.287. The minimum absolute atomic E-state index is 0.287. The maximum absolute atomic E-state index is 11.8. The maximum atomic E-state index is 11.8. The molecular formula is C12H22N2O. The van der Waals surface area contributed by atoms with Gasteiger partial charge in [-0.05, 0) is 26.9 Å². The van der Waals surface area contributed by atoms with Crippen molar-refractivity contribution in [1.29, 1.82) is 0 Å². The van der Waals surface area contributed by atoms with E-state index in [2.05, 4.69) is 17.9 Å². The first-order chi connectivity index (χ1) is 7.13. The summed E-state index contributed by atoms with van der Waals surface area (Å²) in [5, 5.41) is 0. The quantitative estimate of drug-likeness (QED) is 0.657. The lowest BCUT2D eigenvalue weighted by atomic mass is 10.1. The van der Waals surface area contributed by atoms with Crippen molar-refractivity contribution < 1.29 is 4.79 Å². The smallest absolute Gasteiger partial charge is 0.224 e. The summed E-state index contributed by atoms with van der Waals surface area (Å²) in [5.74, 6) is 0.287. The molecular weight excluding hydrogens is 188 g/mol. The third kappa shape index (κ3) is 4.04. The first-order valence-electron chi connectivity index (χ1n) is 5.74. The van der Waals surface area contributed by atoms with Crippen molar-refractivity contribution >= 4 is 5.91 Å². The number of carbonyl (C=O) groups excluding carboxylic acids is 1.